The SMILES string of the molecule is O=C(CCl)N1CCN(c2ccnc3cc(Cl)ccc23)CC1. The predicted molar refractivity (Wildman–Crippen MR) is 86.3 cm³/mol. The van der Waals surface area contributed by atoms with Crippen molar-refractivity contribution in [1.82, 2.24) is 9.88 Å². The largest absolute Gasteiger partial charge is 0.367 e. The number of halogens is 2. The molecule has 0 atom stereocenters. The van der Waals surface area contributed by atoms with Gasteiger partial charge in [-0.25, -0.2) is 0 Å². The summed E-state index contributed by atoms with van der Waals surface area (Å²) < 4.78 is 0. The minimum atomic E-state index is 0.00249. The molecule has 2 aromatic rings. The fourth-order valence-corrected chi connectivity index (χ4v) is 3.00. The molecule has 1 aromatic heterocycles. The maximum Gasteiger partial charge on any atom is 0.237 e. The van der Waals surface area contributed by atoms with Gasteiger partial charge in [-0.3, -0.25) is 9.78 Å². The van der Waals surface area contributed by atoms with Crippen molar-refractivity contribution in [3.05, 3.63) is 35.5 Å². The van der Waals surface area contributed by atoms with Crippen molar-refractivity contribution in [2.75, 3.05) is 37.0 Å². The Morgan fingerprint density at radius 1 is 1.19 bits per heavy atom. The lowest BCUT2D eigenvalue weighted by Gasteiger charge is -2.36. The van der Waals surface area contributed by atoms with Crippen LogP contribution in [-0.4, -0.2) is 47.9 Å². The summed E-state index contributed by atoms with van der Waals surface area (Å²) in [7, 11) is 0. The standard InChI is InChI=1S/C15H15Cl2N3O/c16-10-15(21)20-7-5-19(6-8-20)14-3-4-18-13-9-11(17)1-2-12(13)14/h1-4,9H,5-8,10H2. The zero-order chi connectivity index (χ0) is 14.8. The summed E-state index contributed by atoms with van der Waals surface area (Å²) in [6.45, 7) is 2.99. The van der Waals surface area contributed by atoms with E-state index < -0.39 is 0 Å². The topological polar surface area (TPSA) is 36.4 Å². The van der Waals surface area contributed by atoms with Gasteiger partial charge in [-0.05, 0) is 24.3 Å². The van der Waals surface area contributed by atoms with E-state index in [4.69, 9.17) is 23.2 Å². The van der Waals surface area contributed by atoms with Crippen LogP contribution in [0.25, 0.3) is 10.9 Å². The van der Waals surface area contributed by atoms with Crippen molar-refractivity contribution >= 4 is 45.7 Å². The maximum absolute atomic E-state index is 11.6. The minimum Gasteiger partial charge on any atom is -0.367 e. The summed E-state index contributed by atoms with van der Waals surface area (Å²) in [5, 5.41) is 1.77. The van der Waals surface area contributed by atoms with Gasteiger partial charge in [-0.2, -0.15) is 0 Å². The van der Waals surface area contributed by atoms with Crippen LogP contribution in [-0.2, 0) is 4.79 Å². The number of benzene rings is 1. The number of hydrogen-bond acceptors (Lipinski definition) is 3. The van der Waals surface area contributed by atoms with Gasteiger partial charge in [0, 0.05) is 48.5 Å². The van der Waals surface area contributed by atoms with Crippen molar-refractivity contribution in [3.8, 4) is 0 Å². The quantitative estimate of drug-likeness (QED) is 0.797. The van der Waals surface area contributed by atoms with E-state index in [1.807, 2.05) is 29.2 Å². The molecular formula is C15H15Cl2N3O. The second-order valence-corrected chi connectivity index (χ2v) is 5.70. The first-order valence-corrected chi connectivity index (χ1v) is 7.73. The van der Waals surface area contributed by atoms with Crippen LogP contribution < -0.4 is 4.90 Å². The molecule has 3 rings (SSSR count). The highest BCUT2D eigenvalue weighted by atomic mass is 35.5. The van der Waals surface area contributed by atoms with Crippen molar-refractivity contribution in [3.63, 3.8) is 0 Å². The minimum absolute atomic E-state index is 0.00249. The van der Waals surface area contributed by atoms with Gasteiger partial charge in [-0.1, -0.05) is 11.6 Å². The number of piperazine rings is 1. The van der Waals surface area contributed by atoms with E-state index in [1.54, 1.807) is 6.20 Å². The van der Waals surface area contributed by atoms with Gasteiger partial charge < -0.3 is 9.80 Å². The molecule has 1 amide bonds. The Bertz CT molecular complexity index is 669. The number of carbonyl (C=O) groups excluding carboxylic acids is 1. The van der Waals surface area contributed by atoms with Crippen LogP contribution in [0.3, 0.4) is 0 Å². The van der Waals surface area contributed by atoms with E-state index in [2.05, 4.69) is 9.88 Å². The molecule has 1 aliphatic rings. The molecule has 1 fully saturated rings. The summed E-state index contributed by atoms with van der Waals surface area (Å²) in [6.07, 6.45) is 1.80. The van der Waals surface area contributed by atoms with Gasteiger partial charge in [0.2, 0.25) is 5.91 Å². The molecule has 1 aromatic carbocycles. The molecule has 0 N–H and O–H groups in total. The average Bonchev–Trinajstić information content (AvgIpc) is 2.53. The molecular weight excluding hydrogens is 309 g/mol. The fraction of sp³-hybridized carbons (Fsp3) is 0.333. The molecule has 110 valence electrons. The van der Waals surface area contributed by atoms with Crippen molar-refractivity contribution in [2.45, 2.75) is 0 Å². The van der Waals surface area contributed by atoms with Gasteiger partial charge >= 0.3 is 0 Å². The van der Waals surface area contributed by atoms with Gasteiger partial charge in [0.05, 0.1) is 5.52 Å². The van der Waals surface area contributed by atoms with Gasteiger partial charge in [0.25, 0.3) is 0 Å². The lowest BCUT2D eigenvalue weighted by molar-refractivity contribution is -0.128. The summed E-state index contributed by atoms with van der Waals surface area (Å²) >= 11 is 11.6. The number of alkyl halides is 1. The third-order valence-corrected chi connectivity index (χ3v) is 4.23. The predicted octanol–water partition coefficient (Wildman–Crippen LogP) is 2.78. The average molecular weight is 324 g/mol. The first-order chi connectivity index (χ1) is 10.2. The van der Waals surface area contributed by atoms with Crippen molar-refractivity contribution < 1.29 is 4.79 Å². The van der Waals surface area contributed by atoms with E-state index in [1.165, 1.54) is 0 Å². The zero-order valence-corrected chi connectivity index (χ0v) is 12.9. The van der Waals surface area contributed by atoms with Crippen LogP contribution in [0, 0.1) is 0 Å². The summed E-state index contributed by atoms with van der Waals surface area (Å²) in [6, 6.07) is 7.75. The Morgan fingerprint density at radius 2 is 1.95 bits per heavy atom. The number of carbonyl (C=O) groups is 1. The lowest BCUT2D eigenvalue weighted by Crippen LogP contribution is -2.49. The number of fused-ring (bicyclic) bond motifs is 1. The number of anilines is 1. The van der Waals surface area contributed by atoms with E-state index in [0.717, 1.165) is 29.7 Å². The maximum atomic E-state index is 11.6. The number of nitrogens with zero attached hydrogens (tertiary/aromatic N) is 3. The molecule has 1 saturated heterocycles. The van der Waals surface area contributed by atoms with E-state index in [0.29, 0.717) is 18.1 Å². The third-order valence-electron chi connectivity index (χ3n) is 3.77. The Morgan fingerprint density at radius 3 is 2.67 bits per heavy atom. The smallest absolute Gasteiger partial charge is 0.237 e. The number of rotatable bonds is 2. The monoisotopic (exact) mass is 323 g/mol. The number of pyridine rings is 1. The van der Waals surface area contributed by atoms with Crippen LogP contribution in [0.5, 0.6) is 0 Å². The second-order valence-electron chi connectivity index (χ2n) is 4.99. The first kappa shape index (κ1) is 14.4. The van der Waals surface area contributed by atoms with Gasteiger partial charge in [0.15, 0.2) is 0 Å². The number of amides is 1. The highest BCUT2D eigenvalue weighted by molar-refractivity contribution is 6.31. The van der Waals surface area contributed by atoms with Crippen LogP contribution in [0.2, 0.25) is 5.02 Å². The Hall–Kier alpha value is -1.52. The van der Waals surface area contributed by atoms with Gasteiger partial charge in [0.1, 0.15) is 5.88 Å². The molecule has 0 unspecified atom stereocenters. The lowest BCUT2D eigenvalue weighted by atomic mass is 10.1. The van der Waals surface area contributed by atoms with E-state index in [9.17, 15) is 4.79 Å². The normalized spacial score (nSPS) is 15.5. The number of aromatic nitrogens is 1. The molecule has 21 heavy (non-hydrogen) atoms. The second kappa shape index (κ2) is 6.08. The number of hydrogen-bond donors (Lipinski definition) is 0. The van der Waals surface area contributed by atoms with Crippen LogP contribution in [0.1, 0.15) is 0 Å². The molecule has 0 radical (unpaired) electrons. The highest BCUT2D eigenvalue weighted by Crippen LogP contribution is 2.28. The molecule has 6 heteroatoms. The first-order valence-electron chi connectivity index (χ1n) is 6.82. The summed E-state index contributed by atoms with van der Waals surface area (Å²) in [5.41, 5.74) is 2.02. The van der Waals surface area contributed by atoms with Crippen molar-refractivity contribution in [1.29, 1.82) is 0 Å². The molecule has 0 aliphatic carbocycles. The molecule has 0 saturated carbocycles. The molecule has 0 bridgehead atoms. The Kier molecular flexibility index (Phi) is 4.17. The molecule has 0 spiro atoms. The van der Waals surface area contributed by atoms with Gasteiger partial charge in [-0.15, -0.1) is 11.6 Å². The molecule has 2 heterocycles. The van der Waals surface area contributed by atoms with E-state index in [-0.39, 0.29) is 11.8 Å². The zero-order valence-electron chi connectivity index (χ0n) is 11.4. The molecule has 1 aliphatic heterocycles. The summed E-state index contributed by atoms with van der Waals surface area (Å²) in [5.74, 6) is 0.0548. The molecule has 4 nitrogen and oxygen atoms in total. The Labute approximate surface area is 133 Å². The van der Waals surface area contributed by atoms with Crippen LogP contribution in [0.4, 0.5) is 5.69 Å². The fourth-order valence-electron chi connectivity index (χ4n) is 2.66. The van der Waals surface area contributed by atoms with Crippen LogP contribution >= 0.6 is 23.2 Å². The summed E-state index contributed by atoms with van der Waals surface area (Å²) in [4.78, 5) is 20.1. The van der Waals surface area contributed by atoms with Crippen LogP contribution in [0.15, 0.2) is 30.5 Å². The third kappa shape index (κ3) is 2.92. The van der Waals surface area contributed by atoms with E-state index >= 15 is 0 Å². The highest BCUT2D eigenvalue weighted by Gasteiger charge is 2.21. The Balaban J connectivity index is 1.84. The van der Waals surface area contributed by atoms with Crippen molar-refractivity contribution in [2.24, 2.45) is 0 Å².